The lowest BCUT2D eigenvalue weighted by molar-refractivity contribution is -0.146. The van der Waals surface area contributed by atoms with Gasteiger partial charge in [0.25, 0.3) is 0 Å². The molecule has 1 heterocycles. The number of methoxy groups -OCH3 is 2. The molecule has 9 heteroatoms. The van der Waals surface area contributed by atoms with E-state index in [1.807, 2.05) is 0 Å². The number of carbonyl (C=O) groups is 3. The molecule has 4 atom stereocenters. The summed E-state index contributed by atoms with van der Waals surface area (Å²) in [5, 5.41) is 12.0. The highest BCUT2D eigenvalue weighted by atomic mass is 19.1. The van der Waals surface area contributed by atoms with E-state index in [1.54, 1.807) is 6.92 Å². The van der Waals surface area contributed by atoms with Gasteiger partial charge in [-0.1, -0.05) is 19.1 Å². The summed E-state index contributed by atoms with van der Waals surface area (Å²) in [7, 11) is 2.65. The molecule has 1 aliphatic heterocycles. The Balaban J connectivity index is 2.11. The topological polar surface area (TPSA) is 105 Å². The summed E-state index contributed by atoms with van der Waals surface area (Å²) in [5.74, 6) is -2.18. The third-order valence-corrected chi connectivity index (χ3v) is 5.26. The smallest absolute Gasteiger partial charge is 0.407 e. The Morgan fingerprint density at radius 2 is 1.93 bits per heavy atom. The van der Waals surface area contributed by atoms with Gasteiger partial charge in [-0.2, -0.15) is 0 Å². The van der Waals surface area contributed by atoms with Crippen LogP contribution in [0.15, 0.2) is 24.3 Å². The van der Waals surface area contributed by atoms with Gasteiger partial charge >= 0.3 is 12.1 Å². The van der Waals surface area contributed by atoms with Gasteiger partial charge in [-0.05, 0) is 30.5 Å². The molecular formula is C20H27FN2O6. The molecule has 1 saturated heterocycles. The number of amides is 2. The van der Waals surface area contributed by atoms with E-state index in [9.17, 15) is 23.9 Å². The number of halogens is 1. The maximum atomic E-state index is 13.1. The predicted octanol–water partition coefficient (Wildman–Crippen LogP) is 1.82. The van der Waals surface area contributed by atoms with Crippen molar-refractivity contribution >= 4 is 18.0 Å². The highest BCUT2D eigenvalue weighted by Crippen LogP contribution is 2.26. The Bertz CT molecular complexity index is 726. The zero-order chi connectivity index (χ0) is 21.6. The first-order valence-corrected chi connectivity index (χ1v) is 9.43. The molecule has 0 radical (unpaired) electrons. The first-order valence-electron chi connectivity index (χ1n) is 9.43. The maximum absolute atomic E-state index is 13.1. The molecule has 160 valence electrons. The number of carbonyl (C=O) groups excluding carboxylic acids is 2. The Labute approximate surface area is 169 Å². The van der Waals surface area contributed by atoms with Crippen LogP contribution in [0.4, 0.5) is 9.18 Å². The highest BCUT2D eigenvalue weighted by Gasteiger charge is 2.40. The molecule has 0 bridgehead atoms. The van der Waals surface area contributed by atoms with Crippen LogP contribution in [-0.4, -0.2) is 66.9 Å². The molecule has 8 nitrogen and oxygen atoms in total. The van der Waals surface area contributed by atoms with Crippen LogP contribution < -0.4 is 5.32 Å². The second-order valence-corrected chi connectivity index (χ2v) is 7.09. The van der Waals surface area contributed by atoms with Gasteiger partial charge in [-0.25, -0.2) is 14.0 Å². The largest absolute Gasteiger partial charge is 0.467 e. The van der Waals surface area contributed by atoms with E-state index >= 15 is 0 Å². The monoisotopic (exact) mass is 410 g/mol. The van der Waals surface area contributed by atoms with Crippen LogP contribution >= 0.6 is 0 Å². The van der Waals surface area contributed by atoms with Crippen molar-refractivity contribution in [1.82, 2.24) is 10.2 Å². The molecule has 1 fully saturated rings. The minimum Gasteiger partial charge on any atom is -0.467 e. The standard InChI is InChI=1S/C20H27FN2O6/c1-12(17(28-2)16-5-4-10-23(16)20(26)27)18(24)22-15(19(25)29-3)11-13-6-8-14(21)9-7-13/h6-9,12,15-17H,4-5,10-11H2,1-3H3,(H,22,24)(H,26,27). The second kappa shape index (κ2) is 10.2. The van der Waals surface area contributed by atoms with Crippen molar-refractivity contribution < 1.29 is 33.4 Å². The van der Waals surface area contributed by atoms with Crippen molar-refractivity contribution in [3.63, 3.8) is 0 Å². The van der Waals surface area contributed by atoms with Gasteiger partial charge in [0.15, 0.2) is 0 Å². The van der Waals surface area contributed by atoms with E-state index in [4.69, 9.17) is 9.47 Å². The second-order valence-electron chi connectivity index (χ2n) is 7.09. The van der Waals surface area contributed by atoms with E-state index in [-0.39, 0.29) is 6.42 Å². The fourth-order valence-corrected chi connectivity index (χ4v) is 3.71. The summed E-state index contributed by atoms with van der Waals surface area (Å²) in [5.41, 5.74) is 0.658. The van der Waals surface area contributed by atoms with E-state index in [0.717, 1.165) is 0 Å². The maximum Gasteiger partial charge on any atom is 0.407 e. The summed E-state index contributed by atoms with van der Waals surface area (Å²) in [6, 6.07) is 4.21. The van der Waals surface area contributed by atoms with Crippen LogP contribution in [0.25, 0.3) is 0 Å². The fourth-order valence-electron chi connectivity index (χ4n) is 3.71. The van der Waals surface area contributed by atoms with Crippen LogP contribution in [0.5, 0.6) is 0 Å². The zero-order valence-corrected chi connectivity index (χ0v) is 16.8. The molecule has 0 aliphatic carbocycles. The number of carboxylic acid groups (broad SMARTS) is 1. The Kier molecular flexibility index (Phi) is 7.95. The minimum atomic E-state index is -1.05. The lowest BCUT2D eigenvalue weighted by Crippen LogP contribution is -2.52. The van der Waals surface area contributed by atoms with Crippen molar-refractivity contribution in [2.24, 2.45) is 5.92 Å². The van der Waals surface area contributed by atoms with Gasteiger partial charge in [0.05, 0.1) is 25.2 Å². The van der Waals surface area contributed by atoms with Crippen molar-refractivity contribution in [3.05, 3.63) is 35.6 Å². The molecule has 2 rings (SSSR count). The van der Waals surface area contributed by atoms with E-state index in [0.29, 0.717) is 24.9 Å². The quantitative estimate of drug-likeness (QED) is 0.634. The molecular weight excluding hydrogens is 383 g/mol. The summed E-state index contributed by atoms with van der Waals surface area (Å²) >= 11 is 0. The number of hydrogen-bond donors (Lipinski definition) is 2. The fraction of sp³-hybridized carbons (Fsp3) is 0.550. The van der Waals surface area contributed by atoms with Crippen molar-refractivity contribution in [2.45, 2.75) is 44.4 Å². The number of esters is 1. The first-order chi connectivity index (χ1) is 13.8. The lowest BCUT2D eigenvalue weighted by atomic mass is 9.94. The van der Waals surface area contributed by atoms with Gasteiger partial charge in [-0.3, -0.25) is 4.79 Å². The minimum absolute atomic E-state index is 0.133. The molecule has 0 saturated carbocycles. The van der Waals surface area contributed by atoms with Crippen LogP contribution in [0.3, 0.4) is 0 Å². The predicted molar refractivity (Wildman–Crippen MR) is 102 cm³/mol. The average molecular weight is 410 g/mol. The van der Waals surface area contributed by atoms with Crippen molar-refractivity contribution in [2.75, 3.05) is 20.8 Å². The molecule has 0 aromatic heterocycles. The Morgan fingerprint density at radius 1 is 1.28 bits per heavy atom. The lowest BCUT2D eigenvalue weighted by Gasteiger charge is -2.32. The number of ether oxygens (including phenoxy) is 2. The van der Waals surface area contributed by atoms with Gasteiger partial charge in [0.2, 0.25) is 5.91 Å². The van der Waals surface area contributed by atoms with Crippen LogP contribution in [0.1, 0.15) is 25.3 Å². The van der Waals surface area contributed by atoms with Crippen molar-refractivity contribution in [1.29, 1.82) is 0 Å². The molecule has 2 N–H and O–H groups in total. The number of nitrogens with one attached hydrogen (secondary N) is 1. The van der Waals surface area contributed by atoms with Gasteiger partial charge in [-0.15, -0.1) is 0 Å². The molecule has 4 unspecified atom stereocenters. The van der Waals surface area contributed by atoms with E-state index < -0.39 is 47.9 Å². The van der Waals surface area contributed by atoms with Crippen LogP contribution in [0, 0.1) is 11.7 Å². The summed E-state index contributed by atoms with van der Waals surface area (Å²) < 4.78 is 23.4. The Morgan fingerprint density at radius 3 is 2.48 bits per heavy atom. The number of rotatable bonds is 8. The summed E-state index contributed by atoms with van der Waals surface area (Å²) in [4.78, 5) is 37.7. The number of likely N-dealkylation sites (tertiary alicyclic amines) is 1. The molecule has 1 aromatic carbocycles. The SMILES string of the molecule is COC(=O)C(Cc1ccc(F)cc1)NC(=O)C(C)C(OC)C1CCCN1C(=O)O. The normalized spacial score (nSPS) is 19.3. The third kappa shape index (κ3) is 5.66. The molecule has 1 aromatic rings. The Hall–Kier alpha value is -2.68. The zero-order valence-electron chi connectivity index (χ0n) is 16.8. The first kappa shape index (κ1) is 22.6. The number of benzene rings is 1. The average Bonchev–Trinajstić information content (AvgIpc) is 3.18. The van der Waals surface area contributed by atoms with Gasteiger partial charge < -0.3 is 24.8 Å². The molecule has 1 aliphatic rings. The third-order valence-electron chi connectivity index (χ3n) is 5.26. The highest BCUT2D eigenvalue weighted by molar-refractivity contribution is 5.86. The summed E-state index contributed by atoms with van der Waals surface area (Å²) in [6.45, 7) is 2.03. The van der Waals surface area contributed by atoms with E-state index in [2.05, 4.69) is 5.32 Å². The van der Waals surface area contributed by atoms with Gasteiger partial charge in [0.1, 0.15) is 11.9 Å². The van der Waals surface area contributed by atoms with E-state index in [1.165, 1.54) is 43.4 Å². The van der Waals surface area contributed by atoms with Crippen LogP contribution in [0.2, 0.25) is 0 Å². The molecule has 2 amide bonds. The van der Waals surface area contributed by atoms with Crippen LogP contribution in [-0.2, 0) is 25.5 Å². The summed E-state index contributed by atoms with van der Waals surface area (Å²) in [6.07, 6.45) is -0.282. The van der Waals surface area contributed by atoms with Gasteiger partial charge in [0, 0.05) is 20.1 Å². The molecule has 0 spiro atoms. The number of nitrogens with zero attached hydrogens (tertiary/aromatic N) is 1. The molecule has 29 heavy (non-hydrogen) atoms. The van der Waals surface area contributed by atoms with Crippen molar-refractivity contribution in [3.8, 4) is 0 Å². The number of hydrogen-bond acceptors (Lipinski definition) is 5.